The fourth-order valence-corrected chi connectivity index (χ4v) is 0.545. The normalized spacial score (nSPS) is 9.55. The van der Waals surface area contributed by atoms with E-state index in [4.69, 9.17) is 0 Å². The Labute approximate surface area is 62.0 Å². The summed E-state index contributed by atoms with van der Waals surface area (Å²) in [6.45, 7) is 0.0240. The summed E-state index contributed by atoms with van der Waals surface area (Å²) in [5.41, 5.74) is 0. The van der Waals surface area contributed by atoms with E-state index in [1.807, 2.05) is 5.32 Å². The van der Waals surface area contributed by atoms with Crippen molar-refractivity contribution in [1.29, 1.82) is 0 Å². The zero-order valence-electron chi connectivity index (χ0n) is 5.81. The summed E-state index contributed by atoms with van der Waals surface area (Å²) in [5, 5.41) is 22.6. The number of aromatic nitrogens is 4. The lowest BCUT2D eigenvalue weighted by Crippen LogP contribution is -2.36. The Morgan fingerprint density at radius 1 is 1.82 bits per heavy atom. The van der Waals surface area contributed by atoms with Crippen LogP contribution in [0.5, 0.6) is 0 Å². The first-order valence-corrected chi connectivity index (χ1v) is 2.86. The highest BCUT2D eigenvalue weighted by Crippen LogP contribution is 1.81. The Balaban J connectivity index is 2.45. The van der Waals surface area contributed by atoms with Crippen LogP contribution in [-0.4, -0.2) is 26.3 Å². The van der Waals surface area contributed by atoms with E-state index in [0.717, 1.165) is 0 Å². The van der Waals surface area contributed by atoms with Gasteiger partial charge in [0.1, 0.15) is 6.09 Å². The van der Waals surface area contributed by atoms with Gasteiger partial charge in [-0.05, 0) is 5.21 Å². The third-order valence-corrected chi connectivity index (χ3v) is 0.941. The van der Waals surface area contributed by atoms with E-state index in [2.05, 4.69) is 15.4 Å². The van der Waals surface area contributed by atoms with Crippen LogP contribution in [0.3, 0.4) is 0 Å². The molecule has 0 unspecified atom stereocenters. The number of aryl methyl sites for hydroxylation is 1. The van der Waals surface area contributed by atoms with Crippen LogP contribution in [0, 0.1) is 0 Å². The zero-order chi connectivity index (χ0) is 8.27. The van der Waals surface area contributed by atoms with Crippen molar-refractivity contribution in [2.75, 3.05) is 0 Å². The van der Waals surface area contributed by atoms with Crippen LogP contribution in [0.15, 0.2) is 0 Å². The lowest BCUT2D eigenvalue weighted by atomic mass is 10.6. The monoisotopic (exact) mass is 156 g/mol. The fourth-order valence-electron chi connectivity index (χ4n) is 0.545. The highest BCUT2D eigenvalue weighted by atomic mass is 16.4. The molecule has 60 valence electrons. The van der Waals surface area contributed by atoms with Gasteiger partial charge in [0.15, 0.2) is 5.82 Å². The van der Waals surface area contributed by atoms with Crippen LogP contribution in [0.4, 0.5) is 4.79 Å². The predicted octanol–water partition coefficient (Wildman–Crippen LogP) is -2.36. The Morgan fingerprint density at radius 3 is 3.00 bits per heavy atom. The highest BCUT2D eigenvalue weighted by Gasteiger charge is 1.97. The number of hydrogen-bond donors (Lipinski definition) is 1. The first-order chi connectivity index (χ1) is 5.18. The molecule has 0 saturated carbocycles. The van der Waals surface area contributed by atoms with Crippen molar-refractivity contribution < 1.29 is 9.90 Å². The SMILES string of the molecule is Cn1nnc(CNC(=O)[O-])n1. The molecule has 11 heavy (non-hydrogen) atoms. The fraction of sp³-hybridized carbons (Fsp3) is 0.500. The van der Waals surface area contributed by atoms with Crippen LogP contribution in [0.25, 0.3) is 0 Å². The van der Waals surface area contributed by atoms with Crippen molar-refractivity contribution in [2.24, 2.45) is 7.05 Å². The molecule has 0 aliphatic rings. The van der Waals surface area contributed by atoms with E-state index in [1.165, 1.54) is 4.80 Å². The molecule has 1 amide bonds. The summed E-state index contributed by atoms with van der Waals surface area (Å²) in [5.74, 6) is 0.316. The van der Waals surface area contributed by atoms with Crippen LogP contribution in [-0.2, 0) is 13.6 Å². The second kappa shape index (κ2) is 2.95. The maximum absolute atomic E-state index is 9.87. The molecule has 1 aromatic heterocycles. The van der Waals surface area contributed by atoms with Gasteiger partial charge in [0.2, 0.25) is 0 Å². The van der Waals surface area contributed by atoms with Gasteiger partial charge >= 0.3 is 0 Å². The number of nitrogens with zero attached hydrogens (tertiary/aromatic N) is 4. The number of carbonyl (C=O) groups is 1. The first kappa shape index (κ1) is 7.45. The third-order valence-electron chi connectivity index (χ3n) is 0.941. The largest absolute Gasteiger partial charge is 0.530 e. The first-order valence-electron chi connectivity index (χ1n) is 2.86. The molecular formula is C4H6N5O2-. The topological polar surface area (TPSA) is 95.8 Å². The van der Waals surface area contributed by atoms with E-state index >= 15 is 0 Å². The summed E-state index contributed by atoms with van der Waals surface area (Å²) in [4.78, 5) is 11.1. The van der Waals surface area contributed by atoms with Gasteiger partial charge in [-0.15, -0.1) is 10.2 Å². The molecule has 0 bridgehead atoms. The van der Waals surface area contributed by atoms with Crippen LogP contribution >= 0.6 is 0 Å². The average Bonchev–Trinajstić information content (AvgIpc) is 2.31. The molecule has 1 N–H and O–H groups in total. The summed E-state index contributed by atoms with van der Waals surface area (Å²) in [6, 6.07) is 0. The van der Waals surface area contributed by atoms with Crippen molar-refractivity contribution in [2.45, 2.75) is 6.54 Å². The minimum absolute atomic E-state index is 0.0240. The van der Waals surface area contributed by atoms with Gasteiger partial charge in [-0.25, -0.2) is 0 Å². The standard InChI is InChI=1S/C4H7N5O2/c1-9-7-3(6-8-9)2-5-4(10)11/h5H,2H2,1H3,(H,10,11)/p-1. The predicted molar refractivity (Wildman–Crippen MR) is 31.0 cm³/mol. The molecule has 1 aromatic rings. The maximum Gasteiger partial charge on any atom is 0.193 e. The van der Waals surface area contributed by atoms with E-state index in [9.17, 15) is 9.90 Å². The van der Waals surface area contributed by atoms with Gasteiger partial charge < -0.3 is 15.2 Å². The van der Waals surface area contributed by atoms with Crippen molar-refractivity contribution >= 4 is 6.09 Å². The zero-order valence-corrected chi connectivity index (χ0v) is 5.81. The molecule has 7 heteroatoms. The Morgan fingerprint density at radius 2 is 2.55 bits per heavy atom. The van der Waals surface area contributed by atoms with E-state index in [0.29, 0.717) is 5.82 Å². The van der Waals surface area contributed by atoms with E-state index in [1.54, 1.807) is 7.05 Å². The lowest BCUT2D eigenvalue weighted by Gasteiger charge is -2.00. The van der Waals surface area contributed by atoms with Crippen molar-refractivity contribution in [3.63, 3.8) is 0 Å². The maximum atomic E-state index is 9.87. The number of hydrogen-bond acceptors (Lipinski definition) is 5. The number of amides is 1. The summed E-state index contributed by atoms with van der Waals surface area (Å²) in [6.07, 6.45) is -1.35. The van der Waals surface area contributed by atoms with Crippen LogP contribution in [0.1, 0.15) is 5.82 Å². The van der Waals surface area contributed by atoms with Gasteiger partial charge in [0.25, 0.3) is 0 Å². The molecule has 0 fully saturated rings. The number of carboxylic acid groups (broad SMARTS) is 1. The average molecular weight is 156 g/mol. The minimum Gasteiger partial charge on any atom is -0.530 e. The van der Waals surface area contributed by atoms with Gasteiger partial charge in [0.05, 0.1) is 13.6 Å². The Hall–Kier alpha value is -1.66. The Bertz CT molecular complexity index is 257. The molecule has 1 rings (SSSR count). The molecule has 0 aliphatic heterocycles. The van der Waals surface area contributed by atoms with Gasteiger partial charge in [0, 0.05) is 0 Å². The van der Waals surface area contributed by atoms with Crippen molar-refractivity contribution in [1.82, 2.24) is 25.5 Å². The summed E-state index contributed by atoms with van der Waals surface area (Å²) in [7, 11) is 1.59. The highest BCUT2D eigenvalue weighted by molar-refractivity contribution is 5.61. The van der Waals surface area contributed by atoms with Crippen molar-refractivity contribution in [3.8, 4) is 0 Å². The Kier molecular flexibility index (Phi) is 2.00. The second-order valence-electron chi connectivity index (χ2n) is 1.84. The third kappa shape index (κ3) is 2.20. The molecule has 1 heterocycles. The van der Waals surface area contributed by atoms with E-state index < -0.39 is 6.09 Å². The van der Waals surface area contributed by atoms with E-state index in [-0.39, 0.29) is 6.54 Å². The molecule has 0 aromatic carbocycles. The molecular weight excluding hydrogens is 150 g/mol. The smallest absolute Gasteiger partial charge is 0.193 e. The number of nitrogens with one attached hydrogen (secondary N) is 1. The molecule has 0 aliphatic carbocycles. The lowest BCUT2D eigenvalue weighted by molar-refractivity contribution is -0.251. The molecule has 0 radical (unpaired) electrons. The molecule has 0 atom stereocenters. The van der Waals surface area contributed by atoms with Gasteiger partial charge in [-0.1, -0.05) is 0 Å². The second-order valence-corrected chi connectivity index (χ2v) is 1.84. The quantitative estimate of drug-likeness (QED) is 0.516. The van der Waals surface area contributed by atoms with Crippen LogP contribution < -0.4 is 10.4 Å². The van der Waals surface area contributed by atoms with Crippen molar-refractivity contribution in [3.05, 3.63) is 5.82 Å². The molecule has 0 spiro atoms. The van der Waals surface area contributed by atoms with Gasteiger partial charge in [-0.2, -0.15) is 4.80 Å². The number of rotatable bonds is 2. The molecule has 0 saturated heterocycles. The van der Waals surface area contributed by atoms with Crippen LogP contribution in [0.2, 0.25) is 0 Å². The van der Waals surface area contributed by atoms with Gasteiger partial charge in [-0.3, -0.25) is 0 Å². The number of carbonyl (C=O) groups excluding carboxylic acids is 1. The molecule has 7 nitrogen and oxygen atoms in total. The summed E-state index contributed by atoms with van der Waals surface area (Å²) >= 11 is 0. The summed E-state index contributed by atoms with van der Waals surface area (Å²) < 4.78 is 0. The minimum atomic E-state index is -1.35. The number of tetrazole rings is 1.